The molecule has 1 aromatic rings. The minimum atomic E-state index is -0.531. The van der Waals surface area contributed by atoms with E-state index in [2.05, 4.69) is 10.9 Å². The van der Waals surface area contributed by atoms with E-state index >= 15 is 0 Å². The zero-order valence-corrected chi connectivity index (χ0v) is 16.9. The second-order valence-electron chi connectivity index (χ2n) is 8.43. The highest BCUT2D eigenvalue weighted by Gasteiger charge is 2.35. The maximum atomic E-state index is 13.5. The van der Waals surface area contributed by atoms with E-state index in [1.165, 1.54) is 6.07 Å². The van der Waals surface area contributed by atoms with Gasteiger partial charge in [-0.3, -0.25) is 4.79 Å². The number of rotatable bonds is 2. The van der Waals surface area contributed by atoms with Crippen molar-refractivity contribution < 1.29 is 18.7 Å². The topological polar surface area (TPSA) is 73.9 Å². The van der Waals surface area contributed by atoms with Crippen LogP contribution in [-0.4, -0.2) is 59.6 Å². The maximum Gasteiger partial charge on any atom is 0.410 e. The quantitative estimate of drug-likeness (QED) is 0.807. The fourth-order valence-electron chi connectivity index (χ4n) is 3.48. The van der Waals surface area contributed by atoms with E-state index < -0.39 is 5.60 Å². The SMILES string of the molecule is Cc1cc(C2CC(C(=O)N3CCN(C(=O)OC(C)(C)C)CC3)NN2)ccc1F. The van der Waals surface area contributed by atoms with E-state index in [4.69, 9.17) is 4.74 Å². The van der Waals surface area contributed by atoms with Gasteiger partial charge in [0.2, 0.25) is 5.91 Å². The minimum Gasteiger partial charge on any atom is -0.444 e. The van der Waals surface area contributed by atoms with Crippen LogP contribution in [0.5, 0.6) is 0 Å². The number of aryl methyl sites for hydroxylation is 1. The van der Waals surface area contributed by atoms with Crippen LogP contribution in [0.3, 0.4) is 0 Å². The normalized spacial score (nSPS) is 23.0. The first-order valence-corrected chi connectivity index (χ1v) is 9.68. The van der Waals surface area contributed by atoms with Crippen molar-refractivity contribution in [2.24, 2.45) is 0 Å². The molecule has 28 heavy (non-hydrogen) atoms. The molecule has 154 valence electrons. The van der Waals surface area contributed by atoms with Gasteiger partial charge in [0.05, 0.1) is 0 Å². The van der Waals surface area contributed by atoms with Gasteiger partial charge in [-0.25, -0.2) is 20.0 Å². The largest absolute Gasteiger partial charge is 0.444 e. The van der Waals surface area contributed by atoms with Crippen LogP contribution in [0.15, 0.2) is 18.2 Å². The molecule has 2 N–H and O–H groups in total. The molecule has 2 aliphatic heterocycles. The molecular weight excluding hydrogens is 363 g/mol. The van der Waals surface area contributed by atoms with Crippen molar-refractivity contribution in [2.75, 3.05) is 26.2 Å². The number of ether oxygens (including phenoxy) is 1. The van der Waals surface area contributed by atoms with Crippen LogP contribution < -0.4 is 10.9 Å². The van der Waals surface area contributed by atoms with Crippen LogP contribution in [0, 0.1) is 12.7 Å². The zero-order chi connectivity index (χ0) is 20.5. The van der Waals surface area contributed by atoms with Crippen LogP contribution >= 0.6 is 0 Å². The predicted molar refractivity (Wildman–Crippen MR) is 103 cm³/mol. The first-order valence-electron chi connectivity index (χ1n) is 9.68. The summed E-state index contributed by atoms with van der Waals surface area (Å²) >= 11 is 0. The van der Waals surface area contributed by atoms with Gasteiger partial charge in [0, 0.05) is 32.2 Å². The van der Waals surface area contributed by atoms with Gasteiger partial charge < -0.3 is 14.5 Å². The van der Waals surface area contributed by atoms with Gasteiger partial charge >= 0.3 is 6.09 Å². The molecule has 8 heteroatoms. The van der Waals surface area contributed by atoms with Crippen molar-refractivity contribution in [1.29, 1.82) is 0 Å². The number of carbonyl (C=O) groups excluding carboxylic acids is 2. The molecule has 2 heterocycles. The maximum absolute atomic E-state index is 13.5. The molecule has 2 atom stereocenters. The third-order valence-electron chi connectivity index (χ3n) is 5.03. The Hall–Kier alpha value is -2.19. The molecular formula is C20H29FN4O3. The van der Waals surface area contributed by atoms with E-state index in [9.17, 15) is 14.0 Å². The lowest BCUT2D eigenvalue weighted by Crippen LogP contribution is -2.55. The highest BCUT2D eigenvalue weighted by molar-refractivity contribution is 5.82. The van der Waals surface area contributed by atoms with Crippen molar-refractivity contribution >= 4 is 12.0 Å². The molecule has 2 aliphatic rings. The molecule has 7 nitrogen and oxygen atoms in total. The highest BCUT2D eigenvalue weighted by atomic mass is 19.1. The second-order valence-corrected chi connectivity index (χ2v) is 8.43. The first-order chi connectivity index (χ1) is 13.1. The Kier molecular flexibility index (Phi) is 5.90. The van der Waals surface area contributed by atoms with E-state index in [1.54, 1.807) is 28.9 Å². The van der Waals surface area contributed by atoms with Crippen molar-refractivity contribution in [3.05, 3.63) is 35.1 Å². The van der Waals surface area contributed by atoms with Crippen molar-refractivity contribution in [1.82, 2.24) is 20.7 Å². The second kappa shape index (κ2) is 8.05. The molecule has 2 fully saturated rings. The number of piperazine rings is 1. The van der Waals surface area contributed by atoms with E-state index in [-0.39, 0.29) is 29.9 Å². The molecule has 0 aliphatic carbocycles. The highest BCUT2D eigenvalue weighted by Crippen LogP contribution is 2.25. The number of halogens is 1. The number of hydrogen-bond donors (Lipinski definition) is 2. The molecule has 2 saturated heterocycles. The van der Waals surface area contributed by atoms with Gasteiger partial charge in [0.15, 0.2) is 0 Å². The third kappa shape index (κ3) is 4.80. The van der Waals surface area contributed by atoms with E-state index in [1.807, 2.05) is 20.8 Å². The number of nitrogens with zero attached hydrogens (tertiary/aromatic N) is 2. The summed E-state index contributed by atoms with van der Waals surface area (Å²) in [5.74, 6) is -0.220. The number of nitrogens with one attached hydrogen (secondary N) is 2. The summed E-state index contributed by atoms with van der Waals surface area (Å²) in [6.07, 6.45) is 0.253. The molecule has 1 aromatic carbocycles. The average Bonchev–Trinajstić information content (AvgIpc) is 3.12. The lowest BCUT2D eigenvalue weighted by atomic mass is 9.99. The summed E-state index contributed by atoms with van der Waals surface area (Å²) in [4.78, 5) is 28.4. The Bertz CT molecular complexity index is 741. The van der Waals surface area contributed by atoms with Crippen molar-refractivity contribution in [3.8, 4) is 0 Å². The molecule has 0 spiro atoms. The lowest BCUT2D eigenvalue weighted by molar-refractivity contribution is -0.135. The monoisotopic (exact) mass is 392 g/mol. The zero-order valence-electron chi connectivity index (χ0n) is 16.9. The van der Waals surface area contributed by atoms with Gasteiger partial charge in [-0.05, 0) is 51.3 Å². The standard InChI is InChI=1S/C20H29FN4O3/c1-13-11-14(5-6-15(13)21)16-12-17(23-22-16)18(26)24-7-9-25(10-8-24)19(27)28-20(2,3)4/h5-6,11,16-17,22-23H,7-10,12H2,1-4H3. The van der Waals surface area contributed by atoms with Gasteiger partial charge in [-0.15, -0.1) is 0 Å². The smallest absolute Gasteiger partial charge is 0.410 e. The van der Waals surface area contributed by atoms with Gasteiger partial charge in [0.25, 0.3) is 0 Å². The molecule has 3 rings (SSSR count). The Morgan fingerprint density at radius 2 is 1.75 bits per heavy atom. The number of hydrazine groups is 1. The van der Waals surface area contributed by atoms with Crippen LogP contribution in [0.25, 0.3) is 0 Å². The molecule has 2 unspecified atom stereocenters. The van der Waals surface area contributed by atoms with Gasteiger partial charge in [-0.2, -0.15) is 0 Å². The van der Waals surface area contributed by atoms with E-state index in [0.29, 0.717) is 38.2 Å². The summed E-state index contributed by atoms with van der Waals surface area (Å²) in [6.45, 7) is 9.12. The summed E-state index contributed by atoms with van der Waals surface area (Å²) in [5, 5.41) is 0. The average molecular weight is 392 g/mol. The first kappa shape index (κ1) is 20.5. The summed E-state index contributed by atoms with van der Waals surface area (Å²) in [7, 11) is 0. The Balaban J connectivity index is 1.52. The molecule has 0 saturated carbocycles. The summed E-state index contributed by atoms with van der Waals surface area (Å²) in [6, 6.07) is 4.62. The van der Waals surface area contributed by atoms with Crippen molar-refractivity contribution in [2.45, 2.75) is 51.8 Å². The van der Waals surface area contributed by atoms with Crippen LogP contribution in [0.2, 0.25) is 0 Å². The fourth-order valence-corrected chi connectivity index (χ4v) is 3.48. The van der Waals surface area contributed by atoms with Crippen LogP contribution in [0.4, 0.5) is 9.18 Å². The fraction of sp³-hybridized carbons (Fsp3) is 0.600. The number of amides is 2. The predicted octanol–water partition coefficient (Wildman–Crippen LogP) is 2.12. The molecule has 0 bridgehead atoms. The summed E-state index contributed by atoms with van der Waals surface area (Å²) < 4.78 is 18.9. The Morgan fingerprint density at radius 3 is 2.36 bits per heavy atom. The lowest BCUT2D eigenvalue weighted by Gasteiger charge is -2.36. The van der Waals surface area contributed by atoms with E-state index in [0.717, 1.165) is 5.56 Å². The van der Waals surface area contributed by atoms with Crippen LogP contribution in [-0.2, 0) is 9.53 Å². The Labute approximate surface area is 165 Å². The number of carbonyl (C=O) groups is 2. The van der Waals surface area contributed by atoms with Gasteiger partial charge in [-0.1, -0.05) is 12.1 Å². The van der Waals surface area contributed by atoms with Crippen molar-refractivity contribution in [3.63, 3.8) is 0 Å². The van der Waals surface area contributed by atoms with Gasteiger partial charge in [0.1, 0.15) is 17.5 Å². The summed E-state index contributed by atoms with van der Waals surface area (Å²) in [5.41, 5.74) is 7.21. The third-order valence-corrected chi connectivity index (χ3v) is 5.03. The number of benzene rings is 1. The van der Waals surface area contributed by atoms with Crippen LogP contribution in [0.1, 0.15) is 44.4 Å². The molecule has 0 aromatic heterocycles. The number of hydrogen-bond acceptors (Lipinski definition) is 5. The minimum absolute atomic E-state index is 0.0117. The Morgan fingerprint density at radius 1 is 1.11 bits per heavy atom. The molecule has 2 amide bonds. The molecule has 0 radical (unpaired) electrons.